The van der Waals surface area contributed by atoms with Gasteiger partial charge in [-0.2, -0.15) is 0 Å². The molecule has 1 aliphatic carbocycles. The van der Waals surface area contributed by atoms with Crippen LogP contribution in [0, 0.1) is 5.92 Å². The summed E-state index contributed by atoms with van der Waals surface area (Å²) in [4.78, 5) is 16.2. The van der Waals surface area contributed by atoms with Crippen molar-refractivity contribution in [3.05, 3.63) is 47.5 Å². The predicted molar refractivity (Wildman–Crippen MR) is 77.9 cm³/mol. The lowest BCUT2D eigenvalue weighted by Crippen LogP contribution is -2.16. The molecule has 3 nitrogen and oxygen atoms in total. The van der Waals surface area contributed by atoms with Gasteiger partial charge in [0.05, 0.1) is 5.92 Å². The summed E-state index contributed by atoms with van der Waals surface area (Å²) in [5.41, 5.74) is 0.979. The van der Waals surface area contributed by atoms with Crippen molar-refractivity contribution >= 4 is 45.6 Å². The molecule has 1 heterocycles. The molecule has 1 N–H and O–H groups in total. The molecule has 0 bridgehead atoms. The molecule has 0 unspecified atom stereocenters. The van der Waals surface area contributed by atoms with Crippen molar-refractivity contribution in [2.45, 2.75) is 10.3 Å². The van der Waals surface area contributed by atoms with Crippen molar-refractivity contribution in [2.75, 3.05) is 5.32 Å². The van der Waals surface area contributed by atoms with E-state index in [-0.39, 0.29) is 11.8 Å². The number of anilines is 1. The number of carbonyl (C=O) groups is 1. The number of amides is 1. The monoisotopic (exact) mass is 312 g/mol. The average molecular weight is 313 g/mol. The number of aromatic nitrogens is 1. The fraction of sp³-hybridized carbons (Fsp3) is 0.231. The van der Waals surface area contributed by atoms with Crippen molar-refractivity contribution in [1.29, 1.82) is 0 Å². The van der Waals surface area contributed by atoms with Crippen LogP contribution in [0.5, 0.6) is 0 Å². The minimum absolute atomic E-state index is 0.169. The highest BCUT2D eigenvalue weighted by Gasteiger charge is 2.67. The molecule has 0 spiro atoms. The van der Waals surface area contributed by atoms with Gasteiger partial charge in [-0.1, -0.05) is 30.3 Å². The number of halogens is 2. The summed E-state index contributed by atoms with van der Waals surface area (Å²) in [6, 6.07) is 9.60. The first-order chi connectivity index (χ1) is 9.10. The molecule has 1 saturated carbocycles. The van der Waals surface area contributed by atoms with Crippen molar-refractivity contribution in [3.63, 3.8) is 0 Å². The number of rotatable bonds is 3. The number of alkyl halides is 2. The SMILES string of the molecule is O=C(Nc1nccs1)[C@H]1[C@@H](c2ccccc2)C1(Cl)Cl. The smallest absolute Gasteiger partial charge is 0.233 e. The Morgan fingerprint density at radius 2 is 2.05 bits per heavy atom. The highest BCUT2D eigenvalue weighted by molar-refractivity contribution is 7.13. The van der Waals surface area contributed by atoms with Gasteiger partial charge in [0, 0.05) is 17.5 Å². The number of hydrogen-bond acceptors (Lipinski definition) is 3. The van der Waals surface area contributed by atoms with Crippen LogP contribution in [-0.2, 0) is 4.79 Å². The number of carbonyl (C=O) groups excluding carboxylic acids is 1. The molecule has 1 aromatic carbocycles. The minimum atomic E-state index is -1.04. The van der Waals surface area contributed by atoms with E-state index in [1.807, 2.05) is 30.3 Å². The van der Waals surface area contributed by atoms with Gasteiger partial charge in [-0.25, -0.2) is 4.98 Å². The van der Waals surface area contributed by atoms with E-state index in [4.69, 9.17) is 23.2 Å². The Kier molecular flexibility index (Phi) is 3.25. The zero-order valence-corrected chi connectivity index (χ0v) is 12.0. The third-order valence-electron chi connectivity index (χ3n) is 3.16. The van der Waals surface area contributed by atoms with Gasteiger partial charge in [0.25, 0.3) is 0 Å². The molecule has 3 rings (SSSR count). The molecular formula is C13H10Cl2N2OS. The van der Waals surface area contributed by atoms with Crippen molar-refractivity contribution in [3.8, 4) is 0 Å². The van der Waals surface area contributed by atoms with E-state index in [1.54, 1.807) is 11.6 Å². The van der Waals surface area contributed by atoms with Gasteiger partial charge >= 0.3 is 0 Å². The van der Waals surface area contributed by atoms with Crippen LogP contribution < -0.4 is 5.32 Å². The van der Waals surface area contributed by atoms with E-state index in [0.29, 0.717) is 5.13 Å². The van der Waals surface area contributed by atoms with Gasteiger partial charge < -0.3 is 5.32 Å². The lowest BCUT2D eigenvalue weighted by molar-refractivity contribution is -0.117. The molecule has 0 radical (unpaired) electrons. The van der Waals surface area contributed by atoms with E-state index < -0.39 is 10.3 Å². The molecule has 0 saturated heterocycles. The van der Waals surface area contributed by atoms with Crippen LogP contribution in [0.2, 0.25) is 0 Å². The molecule has 98 valence electrons. The van der Waals surface area contributed by atoms with Crippen LogP contribution in [0.1, 0.15) is 11.5 Å². The first-order valence-electron chi connectivity index (χ1n) is 5.74. The maximum atomic E-state index is 12.2. The average Bonchev–Trinajstić information content (AvgIpc) is 2.76. The van der Waals surface area contributed by atoms with Crippen LogP contribution >= 0.6 is 34.5 Å². The topological polar surface area (TPSA) is 42.0 Å². The Labute approximate surface area is 124 Å². The number of nitrogens with zero attached hydrogens (tertiary/aromatic N) is 1. The summed E-state index contributed by atoms with van der Waals surface area (Å²) in [5, 5.41) is 5.10. The van der Waals surface area contributed by atoms with Gasteiger partial charge in [-0.3, -0.25) is 4.79 Å². The van der Waals surface area contributed by atoms with Crippen molar-refractivity contribution in [1.82, 2.24) is 4.98 Å². The second-order valence-electron chi connectivity index (χ2n) is 4.37. The van der Waals surface area contributed by atoms with Crippen LogP contribution in [-0.4, -0.2) is 15.2 Å². The molecule has 1 aliphatic rings. The molecule has 6 heteroatoms. The maximum absolute atomic E-state index is 12.2. The lowest BCUT2D eigenvalue weighted by atomic mass is 10.1. The summed E-state index contributed by atoms with van der Waals surface area (Å²) < 4.78 is -1.04. The fourth-order valence-electron chi connectivity index (χ4n) is 2.20. The first-order valence-corrected chi connectivity index (χ1v) is 7.37. The summed E-state index contributed by atoms with van der Waals surface area (Å²) in [7, 11) is 0. The third-order valence-corrected chi connectivity index (χ3v) is 4.79. The third kappa shape index (κ3) is 2.36. The summed E-state index contributed by atoms with van der Waals surface area (Å²) in [6.45, 7) is 0. The Balaban J connectivity index is 1.77. The Bertz CT molecular complexity index is 586. The van der Waals surface area contributed by atoms with E-state index in [0.717, 1.165) is 5.56 Å². The highest BCUT2D eigenvalue weighted by atomic mass is 35.5. The standard InChI is InChI=1S/C13H10Cl2N2OS/c14-13(15)9(8-4-2-1-3-5-8)10(13)11(18)17-12-16-6-7-19-12/h1-7,9-10H,(H,16,17,18)/t9-,10-/m1/s1. The van der Waals surface area contributed by atoms with E-state index >= 15 is 0 Å². The number of benzene rings is 1. The molecule has 1 fully saturated rings. The normalized spacial score (nSPS) is 23.9. The molecule has 1 amide bonds. The quantitative estimate of drug-likeness (QED) is 0.879. The van der Waals surface area contributed by atoms with Crippen molar-refractivity contribution < 1.29 is 4.79 Å². The highest BCUT2D eigenvalue weighted by Crippen LogP contribution is 2.65. The van der Waals surface area contributed by atoms with E-state index in [9.17, 15) is 4.79 Å². The second kappa shape index (κ2) is 4.78. The largest absolute Gasteiger partial charge is 0.302 e. The zero-order valence-electron chi connectivity index (χ0n) is 9.72. The zero-order chi connectivity index (χ0) is 13.5. The predicted octanol–water partition coefficient (Wildman–Crippen LogP) is 3.67. The van der Waals surface area contributed by atoms with Crippen LogP contribution in [0.4, 0.5) is 5.13 Å². The summed E-state index contributed by atoms with van der Waals surface area (Å²) in [6.07, 6.45) is 1.64. The summed E-state index contributed by atoms with van der Waals surface area (Å²) in [5.74, 6) is -0.798. The van der Waals surface area contributed by atoms with Crippen LogP contribution in [0.3, 0.4) is 0 Å². The van der Waals surface area contributed by atoms with Crippen LogP contribution in [0.15, 0.2) is 41.9 Å². The van der Waals surface area contributed by atoms with Gasteiger partial charge in [0.2, 0.25) is 5.91 Å². The molecule has 19 heavy (non-hydrogen) atoms. The Morgan fingerprint density at radius 1 is 1.32 bits per heavy atom. The number of nitrogens with one attached hydrogen (secondary N) is 1. The minimum Gasteiger partial charge on any atom is -0.302 e. The maximum Gasteiger partial charge on any atom is 0.233 e. The fourth-order valence-corrected chi connectivity index (χ4v) is 3.56. The molecule has 1 aromatic heterocycles. The Hall–Kier alpha value is -1.10. The second-order valence-corrected chi connectivity index (χ2v) is 6.71. The molecule has 0 aliphatic heterocycles. The molecular weight excluding hydrogens is 303 g/mol. The van der Waals surface area contributed by atoms with Gasteiger partial charge in [0.1, 0.15) is 4.33 Å². The summed E-state index contributed by atoms with van der Waals surface area (Å²) >= 11 is 13.8. The number of hydrogen-bond donors (Lipinski definition) is 1. The van der Waals surface area contributed by atoms with Gasteiger partial charge in [-0.15, -0.1) is 34.5 Å². The lowest BCUT2D eigenvalue weighted by Gasteiger charge is -2.00. The van der Waals surface area contributed by atoms with Crippen molar-refractivity contribution in [2.24, 2.45) is 5.92 Å². The first kappa shape index (κ1) is 12.9. The number of thiazole rings is 1. The van der Waals surface area contributed by atoms with Gasteiger partial charge in [-0.05, 0) is 5.56 Å². The van der Waals surface area contributed by atoms with E-state index in [1.165, 1.54) is 11.3 Å². The molecule has 2 aromatic rings. The van der Waals surface area contributed by atoms with Gasteiger partial charge in [0.15, 0.2) is 5.13 Å². The van der Waals surface area contributed by atoms with E-state index in [2.05, 4.69) is 10.3 Å². The van der Waals surface area contributed by atoms with Crippen LogP contribution in [0.25, 0.3) is 0 Å². The Morgan fingerprint density at radius 3 is 2.68 bits per heavy atom. The molecule has 2 atom stereocenters.